The lowest BCUT2D eigenvalue weighted by Crippen LogP contribution is -2.18. The van der Waals surface area contributed by atoms with E-state index in [1.165, 1.54) is 5.56 Å². The molecule has 2 N–H and O–H groups in total. The number of hydrogen-bond acceptors (Lipinski definition) is 1. The van der Waals surface area contributed by atoms with E-state index in [9.17, 15) is 8.78 Å². The fourth-order valence-electron chi connectivity index (χ4n) is 2.39. The van der Waals surface area contributed by atoms with Crippen molar-refractivity contribution in [2.75, 3.05) is 0 Å². The minimum atomic E-state index is -2.36. The zero-order valence-electron chi connectivity index (χ0n) is 11.2. The fraction of sp³-hybridized carbons (Fsp3) is 0.571. The third-order valence-corrected chi connectivity index (χ3v) is 3.86. The smallest absolute Gasteiger partial charge is 0.240 e. The molecule has 0 heterocycles. The number of hydrogen-bond donors (Lipinski definition) is 1. The van der Waals surface area contributed by atoms with Gasteiger partial charge in [-0.25, -0.2) is 8.78 Å². The Kier molecular flexibility index (Phi) is 4.26. The zero-order valence-corrected chi connectivity index (χ0v) is 11.2. The van der Waals surface area contributed by atoms with E-state index < -0.39 is 12.5 Å². The van der Waals surface area contributed by atoms with Gasteiger partial charge in [0.15, 0.2) is 0 Å². The van der Waals surface area contributed by atoms with Gasteiger partial charge in [0.05, 0.1) is 0 Å². The molecular formula is C14H21F2N. The molecule has 0 radical (unpaired) electrons. The van der Waals surface area contributed by atoms with Crippen LogP contribution in [0.1, 0.15) is 45.8 Å². The average Bonchev–Trinajstić information content (AvgIpc) is 2.23. The quantitative estimate of drug-likeness (QED) is 0.853. The van der Waals surface area contributed by atoms with Gasteiger partial charge in [-0.3, -0.25) is 0 Å². The monoisotopic (exact) mass is 241 g/mol. The first-order chi connectivity index (χ1) is 7.77. The molecule has 0 saturated heterocycles. The van der Waals surface area contributed by atoms with Crippen LogP contribution >= 0.6 is 0 Å². The highest BCUT2D eigenvalue weighted by molar-refractivity contribution is 5.50. The molecule has 1 aromatic rings. The molecule has 0 spiro atoms. The molecule has 0 saturated carbocycles. The summed E-state index contributed by atoms with van der Waals surface area (Å²) >= 11 is 0. The van der Waals surface area contributed by atoms with E-state index in [1.54, 1.807) is 0 Å². The van der Waals surface area contributed by atoms with Crippen LogP contribution in [0.15, 0.2) is 0 Å². The van der Waals surface area contributed by atoms with Crippen LogP contribution in [-0.2, 0) is 0 Å². The molecule has 0 aliphatic heterocycles. The van der Waals surface area contributed by atoms with Gasteiger partial charge in [-0.1, -0.05) is 0 Å². The number of rotatable bonds is 3. The second-order valence-electron chi connectivity index (χ2n) is 4.77. The summed E-state index contributed by atoms with van der Waals surface area (Å²) in [6.07, 6.45) is -2.63. The van der Waals surface area contributed by atoms with Crippen LogP contribution in [-0.4, -0.2) is 6.43 Å². The molecule has 3 heteroatoms. The van der Waals surface area contributed by atoms with Gasteiger partial charge < -0.3 is 5.73 Å². The Labute approximate surface area is 102 Å². The van der Waals surface area contributed by atoms with Gasteiger partial charge in [0.25, 0.3) is 0 Å². The van der Waals surface area contributed by atoms with Crippen LogP contribution < -0.4 is 5.73 Å². The molecule has 0 aromatic heterocycles. The van der Waals surface area contributed by atoms with Gasteiger partial charge in [0.1, 0.15) is 0 Å². The first-order valence-corrected chi connectivity index (χ1v) is 5.87. The Morgan fingerprint density at radius 1 is 0.824 bits per heavy atom. The number of halogens is 2. The molecular weight excluding hydrogens is 220 g/mol. The lowest BCUT2D eigenvalue weighted by atomic mass is 9.86. The molecule has 17 heavy (non-hydrogen) atoms. The highest BCUT2D eigenvalue weighted by Gasteiger charge is 2.20. The summed E-state index contributed by atoms with van der Waals surface area (Å²) in [5.74, 6) is 0. The summed E-state index contributed by atoms with van der Waals surface area (Å²) in [6.45, 7) is 10.0. The molecule has 1 nitrogen and oxygen atoms in total. The predicted octanol–water partition coefficient (Wildman–Crippen LogP) is 3.88. The first-order valence-electron chi connectivity index (χ1n) is 5.87. The van der Waals surface area contributed by atoms with Crippen molar-refractivity contribution in [2.45, 2.75) is 53.5 Å². The van der Waals surface area contributed by atoms with Crippen molar-refractivity contribution in [3.05, 3.63) is 33.4 Å². The minimum absolute atomic E-state index is 0.274. The largest absolute Gasteiger partial charge is 0.324 e. The maximum atomic E-state index is 12.4. The van der Waals surface area contributed by atoms with Gasteiger partial charge in [0.2, 0.25) is 6.43 Å². The zero-order chi connectivity index (χ0) is 13.3. The van der Waals surface area contributed by atoms with Gasteiger partial charge in [-0.05, 0) is 68.0 Å². The van der Waals surface area contributed by atoms with Crippen LogP contribution in [0.3, 0.4) is 0 Å². The lowest BCUT2D eigenvalue weighted by molar-refractivity contribution is 0.128. The standard InChI is InChI=1S/C14H21F2N/c1-7-8(2)10(4)14(11(5)9(7)3)12(17)6-13(15)16/h12-13H,6,17H2,1-5H3/t12-/m1/s1. The Hall–Kier alpha value is -0.960. The molecule has 1 rings (SSSR count). The maximum Gasteiger partial charge on any atom is 0.240 e. The lowest BCUT2D eigenvalue weighted by Gasteiger charge is -2.23. The Morgan fingerprint density at radius 2 is 1.18 bits per heavy atom. The summed E-state index contributed by atoms with van der Waals surface area (Å²) in [7, 11) is 0. The van der Waals surface area contributed by atoms with Crippen LogP contribution in [0.5, 0.6) is 0 Å². The number of nitrogens with two attached hydrogens (primary N) is 1. The van der Waals surface area contributed by atoms with Crippen molar-refractivity contribution in [3.63, 3.8) is 0 Å². The van der Waals surface area contributed by atoms with Crippen LogP contribution in [0.4, 0.5) is 8.78 Å². The maximum absolute atomic E-state index is 12.4. The summed E-state index contributed by atoms with van der Waals surface area (Å²) in [4.78, 5) is 0. The van der Waals surface area contributed by atoms with Gasteiger partial charge in [0, 0.05) is 12.5 Å². The average molecular weight is 241 g/mol. The van der Waals surface area contributed by atoms with E-state index in [-0.39, 0.29) is 6.42 Å². The molecule has 0 amide bonds. The molecule has 1 atom stereocenters. The number of alkyl halides is 2. The summed E-state index contributed by atoms with van der Waals surface area (Å²) in [5.41, 5.74) is 12.5. The summed E-state index contributed by atoms with van der Waals surface area (Å²) in [5, 5.41) is 0. The van der Waals surface area contributed by atoms with E-state index in [2.05, 4.69) is 6.92 Å². The highest BCUT2D eigenvalue weighted by Crippen LogP contribution is 2.31. The molecule has 1 aromatic carbocycles. The SMILES string of the molecule is Cc1c(C)c(C)c([C@H](N)CC(F)F)c(C)c1C. The molecule has 96 valence electrons. The van der Waals surface area contributed by atoms with E-state index in [1.807, 2.05) is 27.7 Å². The molecule has 0 aliphatic rings. The van der Waals surface area contributed by atoms with Crippen LogP contribution in [0.2, 0.25) is 0 Å². The topological polar surface area (TPSA) is 26.0 Å². The molecule has 0 bridgehead atoms. The predicted molar refractivity (Wildman–Crippen MR) is 67.7 cm³/mol. The Balaban J connectivity index is 3.33. The normalized spacial score (nSPS) is 13.2. The second-order valence-corrected chi connectivity index (χ2v) is 4.77. The molecule has 0 unspecified atom stereocenters. The Bertz CT molecular complexity index is 396. The highest BCUT2D eigenvalue weighted by atomic mass is 19.3. The summed E-state index contributed by atoms with van der Waals surface area (Å²) in [6, 6.07) is -0.576. The van der Waals surface area contributed by atoms with Crippen molar-refractivity contribution in [2.24, 2.45) is 5.73 Å². The van der Waals surface area contributed by atoms with E-state index in [0.29, 0.717) is 0 Å². The minimum Gasteiger partial charge on any atom is -0.324 e. The summed E-state index contributed by atoms with van der Waals surface area (Å²) < 4.78 is 24.9. The van der Waals surface area contributed by atoms with Crippen molar-refractivity contribution >= 4 is 0 Å². The molecule has 0 fully saturated rings. The van der Waals surface area contributed by atoms with Gasteiger partial charge >= 0.3 is 0 Å². The van der Waals surface area contributed by atoms with E-state index in [4.69, 9.17) is 5.73 Å². The molecule has 0 aliphatic carbocycles. The van der Waals surface area contributed by atoms with Gasteiger partial charge in [-0.2, -0.15) is 0 Å². The first kappa shape index (κ1) is 14.1. The van der Waals surface area contributed by atoms with E-state index >= 15 is 0 Å². The third-order valence-electron chi connectivity index (χ3n) is 3.86. The number of benzene rings is 1. The van der Waals surface area contributed by atoms with Crippen molar-refractivity contribution in [3.8, 4) is 0 Å². The van der Waals surface area contributed by atoms with Gasteiger partial charge in [-0.15, -0.1) is 0 Å². The Morgan fingerprint density at radius 3 is 1.53 bits per heavy atom. The van der Waals surface area contributed by atoms with Crippen LogP contribution in [0, 0.1) is 34.6 Å². The van der Waals surface area contributed by atoms with Crippen molar-refractivity contribution in [1.29, 1.82) is 0 Å². The van der Waals surface area contributed by atoms with Crippen LogP contribution in [0.25, 0.3) is 0 Å². The fourth-order valence-corrected chi connectivity index (χ4v) is 2.39. The van der Waals surface area contributed by atoms with Crippen molar-refractivity contribution < 1.29 is 8.78 Å². The van der Waals surface area contributed by atoms with Crippen molar-refractivity contribution in [1.82, 2.24) is 0 Å². The second kappa shape index (κ2) is 5.13. The van der Waals surface area contributed by atoms with E-state index in [0.717, 1.165) is 27.8 Å². The third kappa shape index (κ3) is 2.65.